The highest BCUT2D eigenvalue weighted by molar-refractivity contribution is 7.14. The number of rotatable bonds is 5. The standard InChI is InChI=1S/C22H23N7OS/c1-2-15-3-5-16(6-4-15)18-13-31-22(24-18)25-21(30)17-9-11-28(12-10-17)20-8-7-19-26-23-14-29(19)27-20/h3-8,13-14,17H,2,9-12H2,1H3,(H,24,25,30). The molecule has 1 aliphatic heterocycles. The molecule has 3 aromatic heterocycles. The zero-order chi connectivity index (χ0) is 21.2. The van der Waals surface area contributed by atoms with Gasteiger partial charge in [0.1, 0.15) is 12.1 Å². The molecule has 1 saturated heterocycles. The minimum atomic E-state index is -0.0221. The van der Waals surface area contributed by atoms with Crippen molar-refractivity contribution in [1.82, 2.24) is 24.8 Å². The first-order valence-corrected chi connectivity index (χ1v) is 11.4. The Balaban J connectivity index is 1.18. The second-order valence-corrected chi connectivity index (χ2v) is 8.52. The molecule has 1 aromatic carbocycles. The largest absolute Gasteiger partial charge is 0.355 e. The van der Waals surface area contributed by atoms with Gasteiger partial charge in [0.05, 0.1) is 5.69 Å². The van der Waals surface area contributed by atoms with E-state index in [2.05, 4.69) is 61.7 Å². The van der Waals surface area contributed by atoms with E-state index in [-0.39, 0.29) is 11.8 Å². The lowest BCUT2D eigenvalue weighted by molar-refractivity contribution is -0.120. The quantitative estimate of drug-likeness (QED) is 0.517. The normalized spacial score (nSPS) is 14.8. The number of anilines is 2. The highest BCUT2D eigenvalue weighted by Crippen LogP contribution is 2.27. The summed E-state index contributed by atoms with van der Waals surface area (Å²) < 4.78 is 1.67. The van der Waals surface area contributed by atoms with Crippen LogP contribution in [0.25, 0.3) is 16.9 Å². The maximum absolute atomic E-state index is 12.8. The molecule has 0 atom stereocenters. The molecule has 4 heterocycles. The second-order valence-electron chi connectivity index (χ2n) is 7.66. The third-order valence-electron chi connectivity index (χ3n) is 5.73. The van der Waals surface area contributed by atoms with E-state index in [0.717, 1.165) is 55.1 Å². The van der Waals surface area contributed by atoms with Crippen LogP contribution in [0.2, 0.25) is 0 Å². The predicted molar refractivity (Wildman–Crippen MR) is 121 cm³/mol. The Labute approximate surface area is 184 Å². The van der Waals surface area contributed by atoms with Gasteiger partial charge in [0.2, 0.25) is 5.91 Å². The maximum atomic E-state index is 12.8. The van der Waals surface area contributed by atoms with Crippen LogP contribution in [0.5, 0.6) is 0 Å². The summed E-state index contributed by atoms with van der Waals surface area (Å²) in [7, 11) is 0. The number of thiazole rings is 1. The van der Waals surface area contributed by atoms with Crippen LogP contribution in [0.4, 0.5) is 10.9 Å². The summed E-state index contributed by atoms with van der Waals surface area (Å²) in [6.45, 7) is 3.71. The average Bonchev–Trinajstić information content (AvgIpc) is 3.48. The Morgan fingerprint density at radius 1 is 1.16 bits per heavy atom. The molecule has 1 N–H and O–H groups in total. The SMILES string of the molecule is CCc1ccc(-c2csc(NC(=O)C3CCN(c4ccc5nncn5n4)CC3)n2)cc1. The van der Waals surface area contributed by atoms with E-state index in [9.17, 15) is 4.79 Å². The summed E-state index contributed by atoms with van der Waals surface area (Å²) in [6, 6.07) is 12.3. The van der Waals surface area contributed by atoms with Gasteiger partial charge < -0.3 is 10.2 Å². The molecule has 0 radical (unpaired) electrons. The van der Waals surface area contributed by atoms with E-state index in [1.165, 1.54) is 16.9 Å². The monoisotopic (exact) mass is 433 g/mol. The Morgan fingerprint density at radius 2 is 1.97 bits per heavy atom. The van der Waals surface area contributed by atoms with Crippen LogP contribution in [0.15, 0.2) is 48.1 Å². The summed E-state index contributed by atoms with van der Waals surface area (Å²) in [5.41, 5.74) is 3.99. The third-order valence-corrected chi connectivity index (χ3v) is 6.49. The van der Waals surface area contributed by atoms with Gasteiger partial charge in [-0.2, -0.15) is 4.52 Å². The number of hydrogen-bond donors (Lipinski definition) is 1. The van der Waals surface area contributed by atoms with Crippen LogP contribution in [0.1, 0.15) is 25.3 Å². The molecule has 0 bridgehead atoms. The number of carbonyl (C=O) groups excluding carboxylic acids is 1. The number of hydrogen-bond acceptors (Lipinski definition) is 7. The smallest absolute Gasteiger partial charge is 0.229 e. The lowest BCUT2D eigenvalue weighted by Crippen LogP contribution is -2.38. The van der Waals surface area contributed by atoms with Gasteiger partial charge in [-0.3, -0.25) is 4.79 Å². The fraction of sp³-hybridized carbons (Fsp3) is 0.318. The number of fused-ring (bicyclic) bond motifs is 1. The summed E-state index contributed by atoms with van der Waals surface area (Å²) in [4.78, 5) is 19.6. The van der Waals surface area contributed by atoms with E-state index >= 15 is 0 Å². The predicted octanol–water partition coefficient (Wildman–Crippen LogP) is 3.67. The number of benzene rings is 1. The van der Waals surface area contributed by atoms with Crippen molar-refractivity contribution in [3.63, 3.8) is 0 Å². The fourth-order valence-electron chi connectivity index (χ4n) is 3.84. The van der Waals surface area contributed by atoms with Crippen molar-refractivity contribution in [3.05, 3.63) is 53.7 Å². The summed E-state index contributed by atoms with van der Waals surface area (Å²) >= 11 is 1.47. The van der Waals surface area contributed by atoms with Crippen molar-refractivity contribution in [3.8, 4) is 11.3 Å². The zero-order valence-corrected chi connectivity index (χ0v) is 18.0. The zero-order valence-electron chi connectivity index (χ0n) is 17.2. The summed E-state index contributed by atoms with van der Waals surface area (Å²) in [5, 5.41) is 18.1. The van der Waals surface area contributed by atoms with Crippen molar-refractivity contribution in [1.29, 1.82) is 0 Å². The second kappa shape index (κ2) is 8.43. The van der Waals surface area contributed by atoms with Crippen LogP contribution < -0.4 is 10.2 Å². The van der Waals surface area contributed by atoms with Crippen molar-refractivity contribution in [2.75, 3.05) is 23.3 Å². The number of nitrogens with one attached hydrogen (secondary N) is 1. The van der Waals surface area contributed by atoms with Crippen molar-refractivity contribution in [2.45, 2.75) is 26.2 Å². The Kier molecular flexibility index (Phi) is 5.33. The van der Waals surface area contributed by atoms with Crippen LogP contribution in [-0.4, -0.2) is 43.8 Å². The van der Waals surface area contributed by atoms with Crippen LogP contribution in [0, 0.1) is 5.92 Å². The number of nitrogens with zero attached hydrogens (tertiary/aromatic N) is 6. The van der Waals surface area contributed by atoms with Gasteiger partial charge >= 0.3 is 0 Å². The van der Waals surface area contributed by atoms with E-state index < -0.39 is 0 Å². The number of piperidine rings is 1. The number of carbonyl (C=O) groups is 1. The first-order valence-electron chi connectivity index (χ1n) is 10.5. The number of aromatic nitrogens is 5. The van der Waals surface area contributed by atoms with E-state index in [4.69, 9.17) is 0 Å². The van der Waals surface area contributed by atoms with Crippen LogP contribution >= 0.6 is 11.3 Å². The highest BCUT2D eigenvalue weighted by Gasteiger charge is 2.26. The average molecular weight is 434 g/mol. The van der Waals surface area contributed by atoms with Gasteiger partial charge in [0.25, 0.3) is 0 Å². The molecule has 0 spiro atoms. The molecule has 4 aromatic rings. The lowest BCUT2D eigenvalue weighted by atomic mass is 9.96. The minimum Gasteiger partial charge on any atom is -0.355 e. The number of aryl methyl sites for hydroxylation is 1. The van der Waals surface area contributed by atoms with Gasteiger partial charge in [-0.05, 0) is 37.0 Å². The van der Waals surface area contributed by atoms with Gasteiger partial charge in [-0.15, -0.1) is 26.6 Å². The van der Waals surface area contributed by atoms with Crippen molar-refractivity contribution < 1.29 is 4.79 Å². The molecule has 0 aliphatic carbocycles. The van der Waals surface area contributed by atoms with Crippen LogP contribution in [0.3, 0.4) is 0 Å². The molecule has 158 valence electrons. The Bertz CT molecular complexity index is 1190. The van der Waals surface area contributed by atoms with Crippen molar-refractivity contribution in [2.24, 2.45) is 5.92 Å². The molecule has 0 unspecified atom stereocenters. The molecular formula is C22H23N7OS. The lowest BCUT2D eigenvalue weighted by Gasteiger charge is -2.31. The molecular weight excluding hydrogens is 410 g/mol. The summed E-state index contributed by atoms with van der Waals surface area (Å²) in [5.74, 6) is 0.903. The molecule has 1 fully saturated rings. The number of amides is 1. The van der Waals surface area contributed by atoms with Gasteiger partial charge in [-0.1, -0.05) is 31.2 Å². The minimum absolute atomic E-state index is 0.0221. The highest BCUT2D eigenvalue weighted by atomic mass is 32.1. The van der Waals surface area contributed by atoms with Crippen molar-refractivity contribution >= 4 is 33.8 Å². The maximum Gasteiger partial charge on any atom is 0.229 e. The Hall–Kier alpha value is -3.33. The van der Waals surface area contributed by atoms with Crippen LogP contribution in [-0.2, 0) is 11.2 Å². The third kappa shape index (κ3) is 4.13. The molecule has 5 rings (SSSR count). The van der Waals surface area contributed by atoms with E-state index in [0.29, 0.717) is 5.13 Å². The molecule has 1 amide bonds. The van der Waals surface area contributed by atoms with E-state index in [1.54, 1.807) is 10.8 Å². The van der Waals surface area contributed by atoms with Gasteiger partial charge in [0.15, 0.2) is 10.8 Å². The molecule has 8 nitrogen and oxygen atoms in total. The molecule has 9 heteroatoms. The summed E-state index contributed by atoms with van der Waals surface area (Å²) in [6.07, 6.45) is 4.18. The fourth-order valence-corrected chi connectivity index (χ4v) is 4.56. The topological polar surface area (TPSA) is 88.3 Å². The van der Waals surface area contributed by atoms with Gasteiger partial charge in [0, 0.05) is 30.0 Å². The van der Waals surface area contributed by atoms with E-state index in [1.807, 2.05) is 17.5 Å². The molecule has 31 heavy (non-hydrogen) atoms. The molecule has 0 saturated carbocycles. The first kappa shape index (κ1) is 19.6. The molecule has 1 aliphatic rings. The first-order chi connectivity index (χ1) is 15.2. The Morgan fingerprint density at radius 3 is 2.74 bits per heavy atom. The van der Waals surface area contributed by atoms with Gasteiger partial charge in [-0.25, -0.2) is 4.98 Å².